The van der Waals surface area contributed by atoms with Crippen molar-refractivity contribution in [1.82, 2.24) is 0 Å². The molecule has 1 aliphatic heterocycles. The highest BCUT2D eigenvalue weighted by molar-refractivity contribution is 6.03. The second-order valence-electron chi connectivity index (χ2n) is 8.95. The topological polar surface area (TPSA) is 32.3 Å². The van der Waals surface area contributed by atoms with Crippen LogP contribution in [0.4, 0.5) is 16.2 Å². The summed E-state index contributed by atoms with van der Waals surface area (Å²) in [7, 11) is 0. The summed E-state index contributed by atoms with van der Waals surface area (Å²) in [4.78, 5) is 14.7. The lowest BCUT2D eigenvalue weighted by Gasteiger charge is -2.22. The lowest BCUT2D eigenvalue weighted by atomic mass is 9.83. The van der Waals surface area contributed by atoms with Crippen molar-refractivity contribution in [3.63, 3.8) is 0 Å². The molecule has 3 aromatic rings. The second kappa shape index (κ2) is 8.58. The third-order valence-corrected chi connectivity index (χ3v) is 6.93. The molecule has 0 aromatic heterocycles. The summed E-state index contributed by atoms with van der Waals surface area (Å²) >= 11 is 0. The summed E-state index contributed by atoms with van der Waals surface area (Å²) in [6, 6.07) is 23.5. The van der Waals surface area contributed by atoms with Crippen LogP contribution in [0.3, 0.4) is 0 Å². The number of anilines is 2. The number of carbonyl (C=O) groups excluding carboxylic acids is 1. The smallest absolute Gasteiger partial charge is 0.307 e. The molecule has 2 aliphatic rings. The average Bonchev–Trinajstić information content (AvgIpc) is 3.25. The van der Waals surface area contributed by atoms with Gasteiger partial charge in [0.25, 0.3) is 0 Å². The molecule has 0 saturated heterocycles. The lowest BCUT2D eigenvalue weighted by molar-refractivity contribution is 0.257. The molecule has 31 heavy (non-hydrogen) atoms. The van der Waals surface area contributed by atoms with Crippen LogP contribution in [0, 0.1) is 6.92 Å². The van der Waals surface area contributed by atoms with Crippen LogP contribution in [0.1, 0.15) is 54.7 Å². The molecule has 0 atom stereocenters. The van der Waals surface area contributed by atoms with Crippen molar-refractivity contribution in [2.24, 2.45) is 0 Å². The Morgan fingerprint density at radius 1 is 0.903 bits per heavy atom. The number of nitrogens with one attached hydrogen (secondary N) is 1. The van der Waals surface area contributed by atoms with E-state index in [0.717, 1.165) is 35.8 Å². The van der Waals surface area contributed by atoms with Gasteiger partial charge in [0.1, 0.15) is 0 Å². The maximum Gasteiger partial charge on any atom is 0.326 e. The minimum Gasteiger partial charge on any atom is -0.307 e. The molecular weight excluding hydrogens is 380 g/mol. The van der Waals surface area contributed by atoms with E-state index < -0.39 is 0 Å². The van der Waals surface area contributed by atoms with Gasteiger partial charge in [-0.15, -0.1) is 0 Å². The Morgan fingerprint density at radius 3 is 2.42 bits per heavy atom. The highest BCUT2D eigenvalue weighted by Crippen LogP contribution is 2.35. The van der Waals surface area contributed by atoms with Gasteiger partial charge >= 0.3 is 6.03 Å². The van der Waals surface area contributed by atoms with Gasteiger partial charge in [-0.1, -0.05) is 67.8 Å². The Bertz CT molecular complexity index is 1080. The summed E-state index contributed by atoms with van der Waals surface area (Å²) in [5, 5.41) is 3.06. The molecule has 1 aliphatic carbocycles. The third-order valence-electron chi connectivity index (χ3n) is 6.93. The number of urea groups is 1. The Hall–Kier alpha value is -3.07. The quantitative estimate of drug-likeness (QED) is 0.482. The molecule has 1 heterocycles. The molecule has 1 fully saturated rings. The maximum atomic E-state index is 12.9. The van der Waals surface area contributed by atoms with Gasteiger partial charge in [0, 0.05) is 17.9 Å². The molecule has 0 spiro atoms. The van der Waals surface area contributed by atoms with Gasteiger partial charge in [-0.2, -0.15) is 0 Å². The van der Waals surface area contributed by atoms with Crippen molar-refractivity contribution >= 4 is 17.4 Å². The molecule has 0 bridgehead atoms. The summed E-state index contributed by atoms with van der Waals surface area (Å²) in [6.45, 7) is 2.73. The zero-order valence-corrected chi connectivity index (χ0v) is 18.2. The zero-order chi connectivity index (χ0) is 21.2. The largest absolute Gasteiger partial charge is 0.326 e. The maximum absolute atomic E-state index is 12.9. The molecule has 3 heteroatoms. The van der Waals surface area contributed by atoms with E-state index in [1.54, 1.807) is 0 Å². The SMILES string of the molecule is Cc1ccccc1NC(=O)N1CCc2cc(-c3ccc(C4CCCCC4)cc3)ccc21. The first-order valence-corrected chi connectivity index (χ1v) is 11.6. The van der Waals surface area contributed by atoms with Crippen molar-refractivity contribution < 1.29 is 4.79 Å². The van der Waals surface area contributed by atoms with Gasteiger partial charge in [-0.25, -0.2) is 4.79 Å². The van der Waals surface area contributed by atoms with E-state index in [0.29, 0.717) is 0 Å². The minimum atomic E-state index is -0.0577. The summed E-state index contributed by atoms with van der Waals surface area (Å²) in [5.74, 6) is 0.739. The summed E-state index contributed by atoms with van der Waals surface area (Å²) < 4.78 is 0. The summed E-state index contributed by atoms with van der Waals surface area (Å²) in [6.07, 6.45) is 7.68. The molecular formula is C28H30N2O. The predicted octanol–water partition coefficient (Wildman–Crippen LogP) is 7.30. The molecule has 3 aromatic carbocycles. The van der Waals surface area contributed by atoms with Crippen molar-refractivity contribution in [3.05, 3.63) is 83.4 Å². The van der Waals surface area contributed by atoms with Crippen LogP contribution >= 0.6 is 0 Å². The molecule has 0 radical (unpaired) electrons. The minimum absolute atomic E-state index is 0.0577. The number of carbonyl (C=O) groups is 1. The molecule has 5 rings (SSSR count). The van der Waals surface area contributed by atoms with E-state index in [1.807, 2.05) is 36.1 Å². The molecule has 158 valence electrons. The number of hydrogen-bond acceptors (Lipinski definition) is 1. The molecule has 1 saturated carbocycles. The number of amides is 2. The van der Waals surface area contributed by atoms with Crippen LogP contribution in [0.25, 0.3) is 11.1 Å². The number of nitrogens with zero attached hydrogens (tertiary/aromatic N) is 1. The van der Waals surface area contributed by atoms with Gasteiger partial charge in [-0.3, -0.25) is 4.90 Å². The number of hydrogen-bond donors (Lipinski definition) is 1. The van der Waals surface area contributed by atoms with Crippen LogP contribution in [0.5, 0.6) is 0 Å². The van der Waals surface area contributed by atoms with Crippen LogP contribution in [-0.2, 0) is 6.42 Å². The number of aryl methyl sites for hydroxylation is 1. The normalized spacial score (nSPS) is 16.2. The monoisotopic (exact) mass is 410 g/mol. The van der Waals surface area contributed by atoms with Crippen molar-refractivity contribution in [2.45, 2.75) is 51.4 Å². The van der Waals surface area contributed by atoms with Crippen molar-refractivity contribution in [3.8, 4) is 11.1 Å². The number of benzene rings is 3. The average molecular weight is 411 g/mol. The molecule has 2 amide bonds. The van der Waals surface area contributed by atoms with Crippen molar-refractivity contribution in [2.75, 3.05) is 16.8 Å². The van der Waals surface area contributed by atoms with Crippen molar-refractivity contribution in [1.29, 1.82) is 0 Å². The van der Waals surface area contributed by atoms with Gasteiger partial charge in [0.05, 0.1) is 0 Å². The molecule has 1 N–H and O–H groups in total. The first-order chi connectivity index (χ1) is 15.2. The van der Waals surface area contributed by atoms with E-state index >= 15 is 0 Å². The highest BCUT2D eigenvalue weighted by Gasteiger charge is 2.25. The van der Waals surface area contributed by atoms with Gasteiger partial charge in [0.2, 0.25) is 0 Å². The van der Waals surface area contributed by atoms with Crippen LogP contribution in [0.2, 0.25) is 0 Å². The van der Waals surface area contributed by atoms with Crippen LogP contribution in [0.15, 0.2) is 66.7 Å². The standard InChI is InChI=1S/C28H30N2O/c1-20-7-5-6-10-26(20)29-28(31)30-18-17-25-19-24(15-16-27(25)30)23-13-11-22(12-14-23)21-8-3-2-4-9-21/h5-7,10-16,19,21H,2-4,8-9,17-18H2,1H3,(H,29,31). The van der Waals surface area contributed by atoms with Crippen LogP contribution < -0.4 is 10.2 Å². The highest BCUT2D eigenvalue weighted by atomic mass is 16.2. The van der Waals surface area contributed by atoms with E-state index in [-0.39, 0.29) is 6.03 Å². The first-order valence-electron chi connectivity index (χ1n) is 11.6. The number of para-hydroxylation sites is 1. The Labute approximate surface area is 185 Å². The van der Waals surface area contributed by atoms with E-state index in [4.69, 9.17) is 0 Å². The number of rotatable bonds is 3. The molecule has 3 nitrogen and oxygen atoms in total. The molecule has 0 unspecified atom stereocenters. The fourth-order valence-electron chi connectivity index (χ4n) is 5.07. The van der Waals surface area contributed by atoms with E-state index in [1.165, 1.54) is 54.4 Å². The second-order valence-corrected chi connectivity index (χ2v) is 8.95. The lowest BCUT2D eigenvalue weighted by Crippen LogP contribution is -2.33. The third kappa shape index (κ3) is 4.10. The number of fused-ring (bicyclic) bond motifs is 1. The Kier molecular flexibility index (Phi) is 5.50. The predicted molar refractivity (Wildman–Crippen MR) is 129 cm³/mol. The van der Waals surface area contributed by atoms with Crippen LogP contribution in [-0.4, -0.2) is 12.6 Å². The van der Waals surface area contributed by atoms with Gasteiger partial charge in [0.15, 0.2) is 0 Å². The van der Waals surface area contributed by atoms with Gasteiger partial charge < -0.3 is 5.32 Å². The van der Waals surface area contributed by atoms with E-state index in [2.05, 4.69) is 47.8 Å². The summed E-state index contributed by atoms with van der Waals surface area (Å²) in [5.41, 5.74) is 8.18. The van der Waals surface area contributed by atoms with E-state index in [9.17, 15) is 4.79 Å². The fourth-order valence-corrected chi connectivity index (χ4v) is 5.07. The Balaban J connectivity index is 1.32. The fraction of sp³-hybridized carbons (Fsp3) is 0.321. The zero-order valence-electron chi connectivity index (χ0n) is 18.2. The first kappa shape index (κ1) is 19.9. The van der Waals surface area contributed by atoms with Gasteiger partial charge in [-0.05, 0) is 78.1 Å². The Morgan fingerprint density at radius 2 is 1.65 bits per heavy atom.